The lowest BCUT2D eigenvalue weighted by molar-refractivity contribution is 0.0390. The summed E-state index contributed by atoms with van der Waals surface area (Å²) in [6.45, 7) is 0.840. The topological polar surface area (TPSA) is 53.2 Å². The second-order valence-corrected chi connectivity index (χ2v) is 5.69. The average Bonchev–Trinajstić information content (AvgIpc) is 2.46. The van der Waals surface area contributed by atoms with Gasteiger partial charge in [0.2, 0.25) is 5.56 Å². The van der Waals surface area contributed by atoms with Crippen LogP contribution in [0.15, 0.2) is 23.1 Å². The molecule has 0 aromatic carbocycles. The monoisotopic (exact) mass is 260 g/mol. The number of nitrogens with zero attached hydrogens (tertiary/aromatic N) is 1. The van der Waals surface area contributed by atoms with Crippen LogP contribution in [0.4, 0.5) is 0 Å². The molecule has 1 saturated carbocycles. The third-order valence-corrected chi connectivity index (χ3v) is 4.53. The third kappa shape index (κ3) is 2.44. The van der Waals surface area contributed by atoms with Gasteiger partial charge in [-0.05, 0) is 37.7 Å². The number of amides is 1. The molecule has 2 atom stereocenters. The number of rotatable bonds is 1. The fourth-order valence-corrected chi connectivity index (χ4v) is 3.62. The van der Waals surface area contributed by atoms with Gasteiger partial charge in [0.15, 0.2) is 0 Å². The van der Waals surface area contributed by atoms with Crippen LogP contribution in [0, 0.1) is 5.92 Å². The lowest BCUT2D eigenvalue weighted by atomic mass is 9.78. The molecular formula is C15H20N2O2. The van der Waals surface area contributed by atoms with E-state index in [1.807, 2.05) is 4.90 Å². The molecule has 2 fully saturated rings. The summed E-state index contributed by atoms with van der Waals surface area (Å²) in [5.74, 6) is 0.705. The number of hydrogen-bond acceptors (Lipinski definition) is 2. The molecule has 3 rings (SSSR count). The van der Waals surface area contributed by atoms with Crippen LogP contribution in [-0.2, 0) is 0 Å². The van der Waals surface area contributed by atoms with E-state index in [1.54, 1.807) is 12.3 Å². The van der Waals surface area contributed by atoms with Gasteiger partial charge in [-0.15, -0.1) is 0 Å². The first kappa shape index (κ1) is 12.5. The van der Waals surface area contributed by atoms with Crippen molar-refractivity contribution in [2.75, 3.05) is 6.54 Å². The second kappa shape index (κ2) is 5.19. The highest BCUT2D eigenvalue weighted by molar-refractivity contribution is 5.94. The average molecular weight is 260 g/mol. The zero-order valence-electron chi connectivity index (χ0n) is 11.1. The van der Waals surface area contributed by atoms with E-state index in [4.69, 9.17) is 0 Å². The molecule has 1 aromatic rings. The van der Waals surface area contributed by atoms with Gasteiger partial charge in [0, 0.05) is 30.4 Å². The molecule has 102 valence electrons. The van der Waals surface area contributed by atoms with Crippen LogP contribution in [0.2, 0.25) is 0 Å². The predicted molar refractivity (Wildman–Crippen MR) is 73.1 cm³/mol. The van der Waals surface area contributed by atoms with Gasteiger partial charge in [-0.25, -0.2) is 0 Å². The molecule has 0 spiro atoms. The Hall–Kier alpha value is -1.58. The van der Waals surface area contributed by atoms with Crippen molar-refractivity contribution < 1.29 is 4.79 Å². The maximum Gasteiger partial charge on any atom is 0.254 e. The Balaban J connectivity index is 1.83. The van der Waals surface area contributed by atoms with Gasteiger partial charge < -0.3 is 9.88 Å². The van der Waals surface area contributed by atoms with Gasteiger partial charge in [0.25, 0.3) is 5.91 Å². The normalized spacial score (nSPS) is 26.8. The standard InChI is InChI=1S/C15H20N2O2/c18-14-10-12(7-8-16-14)15(19)17-9-3-5-11-4-1-2-6-13(11)17/h7-8,10-11,13H,1-6,9H2,(H,16,18)/t11-,13-/m1/s1. The molecular weight excluding hydrogens is 240 g/mol. The molecule has 4 heteroatoms. The van der Waals surface area contributed by atoms with Crippen LogP contribution >= 0.6 is 0 Å². The minimum atomic E-state index is -0.206. The maximum absolute atomic E-state index is 12.6. The number of carbonyl (C=O) groups is 1. The van der Waals surface area contributed by atoms with Crippen LogP contribution in [-0.4, -0.2) is 28.4 Å². The fourth-order valence-electron chi connectivity index (χ4n) is 3.62. The van der Waals surface area contributed by atoms with E-state index in [1.165, 1.54) is 31.7 Å². The maximum atomic E-state index is 12.6. The van der Waals surface area contributed by atoms with Crippen LogP contribution in [0.25, 0.3) is 0 Å². The van der Waals surface area contributed by atoms with Gasteiger partial charge in [-0.1, -0.05) is 12.8 Å². The quantitative estimate of drug-likeness (QED) is 0.841. The molecule has 2 aliphatic rings. The van der Waals surface area contributed by atoms with E-state index in [0.717, 1.165) is 19.4 Å². The van der Waals surface area contributed by atoms with Gasteiger partial charge >= 0.3 is 0 Å². The first-order valence-corrected chi connectivity index (χ1v) is 7.25. The number of aromatic nitrogens is 1. The van der Waals surface area contributed by atoms with Crippen LogP contribution in [0.1, 0.15) is 48.9 Å². The minimum absolute atomic E-state index is 0.0303. The molecule has 1 amide bonds. The van der Waals surface area contributed by atoms with Crippen molar-refractivity contribution in [1.29, 1.82) is 0 Å². The molecule has 1 aliphatic carbocycles. The van der Waals surface area contributed by atoms with E-state index >= 15 is 0 Å². The first-order valence-electron chi connectivity index (χ1n) is 7.25. The number of pyridine rings is 1. The van der Waals surface area contributed by atoms with E-state index in [2.05, 4.69) is 4.98 Å². The molecule has 1 saturated heterocycles. The van der Waals surface area contributed by atoms with Gasteiger partial charge in [0.05, 0.1) is 0 Å². The summed E-state index contributed by atoms with van der Waals surface area (Å²) in [7, 11) is 0. The van der Waals surface area contributed by atoms with Crippen LogP contribution in [0.5, 0.6) is 0 Å². The number of hydrogen-bond donors (Lipinski definition) is 1. The van der Waals surface area contributed by atoms with Crippen molar-refractivity contribution >= 4 is 5.91 Å². The van der Waals surface area contributed by atoms with Crippen molar-refractivity contribution in [1.82, 2.24) is 9.88 Å². The smallest absolute Gasteiger partial charge is 0.254 e. The predicted octanol–water partition coefficient (Wildman–Crippen LogP) is 2.17. The minimum Gasteiger partial charge on any atom is -0.335 e. The molecule has 0 unspecified atom stereocenters. The summed E-state index contributed by atoms with van der Waals surface area (Å²) in [4.78, 5) is 28.5. The van der Waals surface area contributed by atoms with Crippen molar-refractivity contribution in [2.45, 2.75) is 44.6 Å². The largest absolute Gasteiger partial charge is 0.335 e. The number of nitrogens with one attached hydrogen (secondary N) is 1. The molecule has 19 heavy (non-hydrogen) atoms. The van der Waals surface area contributed by atoms with Crippen molar-refractivity contribution in [3.63, 3.8) is 0 Å². The van der Waals surface area contributed by atoms with Crippen molar-refractivity contribution in [3.05, 3.63) is 34.2 Å². The van der Waals surface area contributed by atoms with E-state index in [0.29, 0.717) is 17.5 Å². The molecule has 0 bridgehead atoms. The summed E-state index contributed by atoms with van der Waals surface area (Å²) in [6, 6.07) is 3.51. The summed E-state index contributed by atoms with van der Waals surface area (Å²) < 4.78 is 0. The number of H-pyrrole nitrogens is 1. The molecule has 2 heterocycles. The van der Waals surface area contributed by atoms with Gasteiger partial charge in [0.1, 0.15) is 0 Å². The molecule has 1 N–H and O–H groups in total. The van der Waals surface area contributed by atoms with Gasteiger partial charge in [-0.2, -0.15) is 0 Å². The number of aromatic amines is 1. The van der Waals surface area contributed by atoms with Crippen molar-refractivity contribution in [3.8, 4) is 0 Å². The van der Waals surface area contributed by atoms with E-state index in [-0.39, 0.29) is 11.5 Å². The highest BCUT2D eigenvalue weighted by Crippen LogP contribution is 2.35. The molecule has 1 aliphatic heterocycles. The first-order chi connectivity index (χ1) is 9.25. The summed E-state index contributed by atoms with van der Waals surface area (Å²) >= 11 is 0. The van der Waals surface area contributed by atoms with Crippen LogP contribution in [0.3, 0.4) is 0 Å². The lowest BCUT2D eigenvalue weighted by Crippen LogP contribution is -2.49. The second-order valence-electron chi connectivity index (χ2n) is 5.69. The zero-order valence-corrected chi connectivity index (χ0v) is 11.1. The Morgan fingerprint density at radius 3 is 2.84 bits per heavy atom. The SMILES string of the molecule is O=C(c1cc[nH]c(=O)c1)N1CCC[C@H]2CCCC[C@H]21. The number of carbonyl (C=O) groups excluding carboxylic acids is 1. The zero-order chi connectivity index (χ0) is 13.2. The molecule has 4 nitrogen and oxygen atoms in total. The summed E-state index contributed by atoms with van der Waals surface area (Å²) in [6.07, 6.45) is 8.80. The Morgan fingerprint density at radius 1 is 1.21 bits per heavy atom. The molecule has 0 radical (unpaired) electrons. The van der Waals surface area contributed by atoms with E-state index in [9.17, 15) is 9.59 Å². The highest BCUT2D eigenvalue weighted by atomic mass is 16.2. The number of piperidine rings is 1. The third-order valence-electron chi connectivity index (χ3n) is 4.53. The Morgan fingerprint density at radius 2 is 2.00 bits per heavy atom. The Bertz CT molecular complexity index is 521. The summed E-state index contributed by atoms with van der Waals surface area (Å²) in [5, 5.41) is 0. The fraction of sp³-hybridized carbons (Fsp3) is 0.600. The molecule has 1 aromatic heterocycles. The van der Waals surface area contributed by atoms with E-state index < -0.39 is 0 Å². The highest BCUT2D eigenvalue weighted by Gasteiger charge is 2.35. The van der Waals surface area contributed by atoms with Crippen LogP contribution < -0.4 is 5.56 Å². The Labute approximate surface area is 112 Å². The number of likely N-dealkylation sites (tertiary alicyclic amines) is 1. The van der Waals surface area contributed by atoms with Crippen molar-refractivity contribution in [2.24, 2.45) is 5.92 Å². The number of fused-ring (bicyclic) bond motifs is 1. The lowest BCUT2D eigenvalue weighted by Gasteiger charge is -2.44. The summed E-state index contributed by atoms with van der Waals surface area (Å²) in [5.41, 5.74) is 0.318. The Kier molecular flexibility index (Phi) is 3.40. The van der Waals surface area contributed by atoms with Gasteiger partial charge in [-0.3, -0.25) is 9.59 Å².